The van der Waals surface area contributed by atoms with Crippen molar-refractivity contribution in [3.8, 4) is 34.3 Å². The fourth-order valence-corrected chi connectivity index (χ4v) is 3.46. The number of benzene rings is 3. The van der Waals surface area contributed by atoms with Gasteiger partial charge in [-0.3, -0.25) is 0 Å². The average Bonchev–Trinajstić information content (AvgIpc) is 3.26. The van der Waals surface area contributed by atoms with Gasteiger partial charge < -0.3 is 20.2 Å². The summed E-state index contributed by atoms with van der Waals surface area (Å²) < 4.78 is 0. The number of phenolic OH excluding ortho intramolecular Hbond substituents is 2. The van der Waals surface area contributed by atoms with Gasteiger partial charge in [-0.1, -0.05) is 12.1 Å². The molecule has 138 valence electrons. The summed E-state index contributed by atoms with van der Waals surface area (Å²) in [6.07, 6.45) is 0. The molecule has 6 heteroatoms. The molecule has 28 heavy (non-hydrogen) atoms. The Balaban J connectivity index is 1.62. The molecule has 0 fully saturated rings. The van der Waals surface area contributed by atoms with Gasteiger partial charge in [0.15, 0.2) is 0 Å². The van der Waals surface area contributed by atoms with Crippen LogP contribution in [0.2, 0.25) is 0 Å². The number of aromatic nitrogens is 4. The van der Waals surface area contributed by atoms with E-state index in [9.17, 15) is 10.2 Å². The molecule has 0 atom stereocenters. The lowest BCUT2D eigenvalue weighted by Crippen LogP contribution is -1.87. The summed E-state index contributed by atoms with van der Waals surface area (Å²) >= 11 is 0. The monoisotopic (exact) mass is 370 g/mol. The zero-order valence-corrected chi connectivity index (χ0v) is 15.4. The number of aryl methyl sites for hydroxylation is 2. The van der Waals surface area contributed by atoms with Crippen LogP contribution in [-0.2, 0) is 0 Å². The van der Waals surface area contributed by atoms with Crippen LogP contribution in [0.1, 0.15) is 11.1 Å². The SMILES string of the molecule is Cc1ccc2nc(-c3cc(O)c(-c4nc5ccc(C)cc5[nH]4)cc3O)[nH]c2c1. The molecule has 0 bridgehead atoms. The summed E-state index contributed by atoms with van der Waals surface area (Å²) in [7, 11) is 0. The van der Waals surface area contributed by atoms with Crippen LogP contribution in [-0.4, -0.2) is 30.1 Å². The van der Waals surface area contributed by atoms with Crippen molar-refractivity contribution in [2.45, 2.75) is 13.8 Å². The standard InChI is InChI=1S/C22H18N4O2/c1-11-3-5-15-17(7-11)25-21(23-15)13-9-20(28)14(10-19(13)27)22-24-16-6-4-12(2)8-18(16)26-22/h3-10,27-28H,1-2H3,(H,23,25)(H,24,26). The van der Waals surface area contributed by atoms with Gasteiger partial charge in [0, 0.05) is 0 Å². The van der Waals surface area contributed by atoms with Crippen molar-refractivity contribution in [1.29, 1.82) is 0 Å². The predicted molar refractivity (Wildman–Crippen MR) is 109 cm³/mol. The Morgan fingerprint density at radius 2 is 1.07 bits per heavy atom. The summed E-state index contributed by atoms with van der Waals surface area (Å²) in [5.74, 6) is 1.03. The quantitative estimate of drug-likeness (QED) is 0.335. The molecule has 0 aliphatic heterocycles. The second-order valence-electron chi connectivity index (χ2n) is 7.10. The minimum Gasteiger partial charge on any atom is -0.507 e. The molecule has 0 unspecified atom stereocenters. The van der Waals surface area contributed by atoms with Crippen LogP contribution in [0.15, 0.2) is 48.5 Å². The number of nitrogens with one attached hydrogen (secondary N) is 2. The highest BCUT2D eigenvalue weighted by Gasteiger charge is 2.17. The minimum absolute atomic E-state index is 0.0141. The first-order valence-corrected chi connectivity index (χ1v) is 8.97. The Bertz CT molecular complexity index is 1260. The van der Waals surface area contributed by atoms with E-state index in [1.54, 1.807) is 0 Å². The van der Waals surface area contributed by atoms with Gasteiger partial charge in [0.05, 0.1) is 33.2 Å². The molecule has 0 saturated heterocycles. The number of nitrogens with zero attached hydrogens (tertiary/aromatic N) is 2. The first-order valence-electron chi connectivity index (χ1n) is 8.97. The zero-order valence-electron chi connectivity index (χ0n) is 15.4. The van der Waals surface area contributed by atoms with E-state index >= 15 is 0 Å². The molecule has 0 amide bonds. The molecule has 5 aromatic rings. The van der Waals surface area contributed by atoms with Crippen molar-refractivity contribution < 1.29 is 10.2 Å². The van der Waals surface area contributed by atoms with E-state index in [2.05, 4.69) is 19.9 Å². The minimum atomic E-state index is 0.0141. The normalized spacial score (nSPS) is 11.5. The van der Waals surface area contributed by atoms with Gasteiger partial charge in [-0.05, 0) is 61.4 Å². The van der Waals surface area contributed by atoms with E-state index in [1.807, 2.05) is 50.2 Å². The zero-order chi connectivity index (χ0) is 19.4. The number of H-pyrrole nitrogens is 2. The third kappa shape index (κ3) is 2.58. The third-order valence-electron chi connectivity index (χ3n) is 4.90. The fourth-order valence-electron chi connectivity index (χ4n) is 3.46. The van der Waals surface area contributed by atoms with Crippen molar-refractivity contribution in [3.63, 3.8) is 0 Å². The number of rotatable bonds is 2. The highest BCUT2D eigenvalue weighted by atomic mass is 16.3. The summed E-state index contributed by atoms with van der Waals surface area (Å²) in [6, 6.07) is 14.8. The van der Waals surface area contributed by atoms with E-state index in [1.165, 1.54) is 12.1 Å². The van der Waals surface area contributed by atoms with Crippen molar-refractivity contribution in [1.82, 2.24) is 19.9 Å². The Labute approximate surface area is 160 Å². The molecule has 0 aliphatic carbocycles. The second-order valence-corrected chi connectivity index (χ2v) is 7.10. The van der Waals surface area contributed by atoms with Crippen LogP contribution in [0, 0.1) is 13.8 Å². The molecule has 2 heterocycles. The lowest BCUT2D eigenvalue weighted by molar-refractivity contribution is 0.463. The highest BCUT2D eigenvalue weighted by Crippen LogP contribution is 2.39. The maximum atomic E-state index is 10.6. The second kappa shape index (κ2) is 5.85. The molecule has 0 saturated carbocycles. The maximum absolute atomic E-state index is 10.6. The van der Waals surface area contributed by atoms with Crippen LogP contribution in [0.5, 0.6) is 11.5 Å². The molecule has 4 N–H and O–H groups in total. The van der Waals surface area contributed by atoms with E-state index < -0.39 is 0 Å². The lowest BCUT2D eigenvalue weighted by Gasteiger charge is -2.07. The Kier molecular flexibility index (Phi) is 3.42. The molecule has 2 aromatic heterocycles. The Morgan fingerprint density at radius 1 is 0.643 bits per heavy atom. The Hall–Kier alpha value is -3.80. The van der Waals surface area contributed by atoms with Crippen LogP contribution >= 0.6 is 0 Å². The molecular formula is C22H18N4O2. The van der Waals surface area contributed by atoms with Gasteiger partial charge in [-0.2, -0.15) is 0 Å². The molecule has 0 radical (unpaired) electrons. The predicted octanol–water partition coefficient (Wildman–Crippen LogP) is 4.80. The molecule has 0 aliphatic rings. The lowest BCUT2D eigenvalue weighted by atomic mass is 10.1. The number of hydrogen-bond donors (Lipinski definition) is 4. The van der Waals surface area contributed by atoms with E-state index in [0.717, 1.165) is 33.2 Å². The third-order valence-corrected chi connectivity index (χ3v) is 4.90. The number of aromatic amines is 2. The van der Waals surface area contributed by atoms with E-state index in [4.69, 9.17) is 0 Å². The largest absolute Gasteiger partial charge is 0.507 e. The summed E-state index contributed by atoms with van der Waals surface area (Å²) in [5, 5.41) is 21.2. The maximum Gasteiger partial charge on any atom is 0.142 e. The average molecular weight is 370 g/mol. The van der Waals surface area contributed by atoms with Crippen LogP contribution in [0.25, 0.3) is 44.8 Å². The topological polar surface area (TPSA) is 97.8 Å². The van der Waals surface area contributed by atoms with Gasteiger partial charge >= 0.3 is 0 Å². The van der Waals surface area contributed by atoms with Crippen LogP contribution < -0.4 is 0 Å². The molecule has 5 rings (SSSR count). The van der Waals surface area contributed by atoms with E-state index in [-0.39, 0.29) is 11.5 Å². The highest BCUT2D eigenvalue weighted by molar-refractivity contribution is 5.85. The molecule has 6 nitrogen and oxygen atoms in total. The first kappa shape index (κ1) is 16.4. The van der Waals surface area contributed by atoms with Crippen molar-refractivity contribution in [2.24, 2.45) is 0 Å². The van der Waals surface area contributed by atoms with Gasteiger partial charge in [0.2, 0.25) is 0 Å². The van der Waals surface area contributed by atoms with Crippen molar-refractivity contribution >= 4 is 22.1 Å². The summed E-state index contributed by atoms with van der Waals surface area (Å²) in [4.78, 5) is 15.4. The van der Waals surface area contributed by atoms with Crippen LogP contribution in [0.3, 0.4) is 0 Å². The van der Waals surface area contributed by atoms with E-state index in [0.29, 0.717) is 22.8 Å². The number of imidazole rings is 2. The van der Waals surface area contributed by atoms with Crippen molar-refractivity contribution in [2.75, 3.05) is 0 Å². The van der Waals surface area contributed by atoms with Crippen molar-refractivity contribution in [3.05, 3.63) is 59.7 Å². The number of hydrogen-bond acceptors (Lipinski definition) is 4. The first-order chi connectivity index (χ1) is 13.5. The van der Waals surface area contributed by atoms with Gasteiger partial charge in [-0.15, -0.1) is 0 Å². The van der Waals surface area contributed by atoms with Crippen LogP contribution in [0.4, 0.5) is 0 Å². The molecule has 3 aromatic carbocycles. The molecule has 0 spiro atoms. The number of phenols is 2. The van der Waals surface area contributed by atoms with Gasteiger partial charge in [0.25, 0.3) is 0 Å². The summed E-state index contributed by atoms with van der Waals surface area (Å²) in [5.41, 5.74) is 6.46. The Morgan fingerprint density at radius 3 is 1.50 bits per heavy atom. The van der Waals surface area contributed by atoms with Gasteiger partial charge in [0.1, 0.15) is 23.1 Å². The molecular weight excluding hydrogens is 352 g/mol. The summed E-state index contributed by atoms with van der Waals surface area (Å²) in [6.45, 7) is 4.01. The number of fused-ring (bicyclic) bond motifs is 2. The smallest absolute Gasteiger partial charge is 0.142 e. The fraction of sp³-hybridized carbons (Fsp3) is 0.0909. The number of aromatic hydroxyl groups is 2. The van der Waals surface area contributed by atoms with Gasteiger partial charge in [-0.25, -0.2) is 9.97 Å².